The first-order valence-electron chi connectivity index (χ1n) is 6.24. The number of hydrogen-bond acceptors (Lipinski definition) is 5. The standard InChI is InChI=1S/C14H14ClN3O3/c1-3-8-4-13(17-7-16-8)18-11-6-12(21-2)9(14(19)20)5-10(11)15/h4-7H,3H2,1-2H3,(H,19,20)(H,16,17,18). The van der Waals surface area contributed by atoms with Crippen molar-refractivity contribution >= 4 is 29.1 Å². The van der Waals surface area contributed by atoms with Crippen molar-refractivity contribution in [1.82, 2.24) is 9.97 Å². The molecule has 0 radical (unpaired) electrons. The van der Waals surface area contributed by atoms with Gasteiger partial charge in [-0.1, -0.05) is 18.5 Å². The molecular formula is C14H14ClN3O3. The summed E-state index contributed by atoms with van der Waals surface area (Å²) in [5, 5.41) is 12.4. The van der Waals surface area contributed by atoms with Crippen LogP contribution in [0.15, 0.2) is 24.5 Å². The number of ether oxygens (including phenoxy) is 1. The Kier molecular flexibility index (Phi) is 4.59. The van der Waals surface area contributed by atoms with Gasteiger partial charge in [-0.2, -0.15) is 0 Å². The van der Waals surface area contributed by atoms with Gasteiger partial charge >= 0.3 is 5.97 Å². The highest BCUT2D eigenvalue weighted by Crippen LogP contribution is 2.32. The molecule has 0 saturated heterocycles. The largest absolute Gasteiger partial charge is 0.496 e. The molecule has 0 aliphatic rings. The molecule has 7 heteroatoms. The first-order chi connectivity index (χ1) is 10.0. The van der Waals surface area contributed by atoms with Gasteiger partial charge in [0.2, 0.25) is 0 Å². The molecule has 1 aromatic carbocycles. The third-order valence-corrected chi connectivity index (χ3v) is 3.18. The number of carbonyl (C=O) groups is 1. The van der Waals surface area contributed by atoms with Gasteiger partial charge in [0.05, 0.1) is 17.8 Å². The average Bonchev–Trinajstić information content (AvgIpc) is 2.49. The lowest BCUT2D eigenvalue weighted by molar-refractivity contribution is 0.0693. The minimum atomic E-state index is -1.10. The highest BCUT2D eigenvalue weighted by Gasteiger charge is 2.15. The fourth-order valence-corrected chi connectivity index (χ4v) is 1.99. The number of hydrogen-bond donors (Lipinski definition) is 2. The van der Waals surface area contributed by atoms with E-state index in [0.29, 0.717) is 11.5 Å². The summed E-state index contributed by atoms with van der Waals surface area (Å²) in [5.74, 6) is -0.302. The van der Waals surface area contributed by atoms with E-state index < -0.39 is 5.97 Å². The molecule has 2 rings (SSSR count). The Bertz CT molecular complexity index is 677. The van der Waals surface area contributed by atoms with Crippen LogP contribution in [0.1, 0.15) is 23.0 Å². The molecule has 2 N–H and O–H groups in total. The van der Waals surface area contributed by atoms with Crippen LogP contribution >= 0.6 is 11.6 Å². The minimum Gasteiger partial charge on any atom is -0.496 e. The molecule has 1 aromatic heterocycles. The molecule has 0 aliphatic carbocycles. The Hall–Kier alpha value is -2.34. The number of anilines is 2. The third-order valence-electron chi connectivity index (χ3n) is 2.87. The molecule has 0 saturated carbocycles. The number of aromatic carboxylic acids is 1. The van der Waals surface area contributed by atoms with Crippen LogP contribution in [0.4, 0.5) is 11.5 Å². The molecule has 0 unspecified atom stereocenters. The van der Waals surface area contributed by atoms with Crippen molar-refractivity contribution in [3.8, 4) is 5.75 Å². The van der Waals surface area contributed by atoms with Gasteiger partial charge in [0, 0.05) is 17.8 Å². The van der Waals surface area contributed by atoms with Gasteiger partial charge in [-0.3, -0.25) is 0 Å². The first-order valence-corrected chi connectivity index (χ1v) is 6.61. The molecular weight excluding hydrogens is 294 g/mol. The Labute approximate surface area is 126 Å². The highest BCUT2D eigenvalue weighted by molar-refractivity contribution is 6.33. The lowest BCUT2D eigenvalue weighted by Crippen LogP contribution is -2.03. The average molecular weight is 308 g/mol. The number of rotatable bonds is 5. The van der Waals surface area contributed by atoms with Crippen LogP contribution in [0.5, 0.6) is 5.75 Å². The van der Waals surface area contributed by atoms with Gasteiger partial charge in [0.1, 0.15) is 23.5 Å². The monoisotopic (exact) mass is 307 g/mol. The van der Waals surface area contributed by atoms with E-state index in [0.717, 1.165) is 12.1 Å². The van der Waals surface area contributed by atoms with Crippen molar-refractivity contribution in [3.05, 3.63) is 40.8 Å². The maximum Gasteiger partial charge on any atom is 0.339 e. The summed E-state index contributed by atoms with van der Waals surface area (Å²) in [6.45, 7) is 1.99. The van der Waals surface area contributed by atoms with Gasteiger partial charge < -0.3 is 15.2 Å². The lowest BCUT2D eigenvalue weighted by atomic mass is 10.1. The van der Waals surface area contributed by atoms with Crippen molar-refractivity contribution in [2.24, 2.45) is 0 Å². The fraction of sp³-hybridized carbons (Fsp3) is 0.214. The van der Waals surface area contributed by atoms with E-state index in [9.17, 15) is 4.79 Å². The number of benzene rings is 1. The normalized spacial score (nSPS) is 10.2. The molecule has 1 heterocycles. The zero-order valence-electron chi connectivity index (χ0n) is 11.6. The lowest BCUT2D eigenvalue weighted by Gasteiger charge is -2.12. The van der Waals surface area contributed by atoms with E-state index in [2.05, 4.69) is 15.3 Å². The number of carboxylic acids is 1. The Morgan fingerprint density at radius 1 is 1.38 bits per heavy atom. The first kappa shape index (κ1) is 15.1. The van der Waals surface area contributed by atoms with E-state index in [4.69, 9.17) is 21.4 Å². The van der Waals surface area contributed by atoms with Crippen LogP contribution < -0.4 is 10.1 Å². The molecule has 6 nitrogen and oxygen atoms in total. The quantitative estimate of drug-likeness (QED) is 0.882. The predicted octanol–water partition coefficient (Wildman–Crippen LogP) is 3.14. The molecule has 0 aliphatic heterocycles. The van der Waals surface area contributed by atoms with Crippen molar-refractivity contribution in [1.29, 1.82) is 0 Å². The summed E-state index contributed by atoms with van der Waals surface area (Å²) in [4.78, 5) is 19.3. The second-order valence-electron chi connectivity index (χ2n) is 4.21. The summed E-state index contributed by atoms with van der Waals surface area (Å²) in [7, 11) is 1.40. The fourth-order valence-electron chi connectivity index (χ4n) is 1.78. The molecule has 21 heavy (non-hydrogen) atoms. The third kappa shape index (κ3) is 3.41. The molecule has 0 bridgehead atoms. The molecule has 110 valence electrons. The van der Waals surface area contributed by atoms with Gasteiger partial charge in [0.15, 0.2) is 0 Å². The number of carboxylic acid groups (broad SMARTS) is 1. The summed E-state index contributed by atoms with van der Waals surface area (Å²) in [6.07, 6.45) is 2.24. The zero-order valence-corrected chi connectivity index (χ0v) is 12.3. The van der Waals surface area contributed by atoms with Gasteiger partial charge in [-0.25, -0.2) is 14.8 Å². The number of nitrogens with zero attached hydrogens (tertiary/aromatic N) is 2. The summed E-state index contributed by atoms with van der Waals surface area (Å²) < 4.78 is 5.07. The summed E-state index contributed by atoms with van der Waals surface area (Å²) >= 11 is 6.10. The van der Waals surface area contributed by atoms with Crippen LogP contribution in [-0.2, 0) is 6.42 Å². The molecule has 0 spiro atoms. The highest BCUT2D eigenvalue weighted by atomic mass is 35.5. The van der Waals surface area contributed by atoms with Gasteiger partial charge in [-0.05, 0) is 12.5 Å². The van der Waals surface area contributed by atoms with Gasteiger partial charge in [-0.15, -0.1) is 0 Å². The van der Waals surface area contributed by atoms with E-state index in [-0.39, 0.29) is 16.3 Å². The second kappa shape index (κ2) is 6.41. The number of halogens is 1. The molecule has 0 amide bonds. The van der Waals surface area contributed by atoms with E-state index in [1.54, 1.807) is 6.07 Å². The molecule has 0 fully saturated rings. The number of aryl methyl sites for hydroxylation is 1. The zero-order chi connectivity index (χ0) is 15.4. The smallest absolute Gasteiger partial charge is 0.339 e. The Balaban J connectivity index is 2.37. The van der Waals surface area contributed by atoms with Crippen LogP contribution in [-0.4, -0.2) is 28.2 Å². The van der Waals surface area contributed by atoms with Crippen molar-refractivity contribution in [2.45, 2.75) is 13.3 Å². The number of nitrogens with one attached hydrogen (secondary N) is 1. The maximum absolute atomic E-state index is 11.1. The molecule has 2 aromatic rings. The summed E-state index contributed by atoms with van der Waals surface area (Å²) in [6, 6.07) is 4.67. The topological polar surface area (TPSA) is 84.3 Å². The Morgan fingerprint density at radius 3 is 2.76 bits per heavy atom. The summed E-state index contributed by atoms with van der Waals surface area (Å²) in [5.41, 5.74) is 1.40. The van der Waals surface area contributed by atoms with Crippen LogP contribution in [0.3, 0.4) is 0 Å². The van der Waals surface area contributed by atoms with Crippen molar-refractivity contribution in [2.75, 3.05) is 12.4 Å². The number of aromatic nitrogens is 2. The van der Waals surface area contributed by atoms with Crippen molar-refractivity contribution < 1.29 is 14.6 Å². The maximum atomic E-state index is 11.1. The SMILES string of the molecule is CCc1cc(Nc2cc(OC)c(C(=O)O)cc2Cl)ncn1. The van der Waals surface area contributed by atoms with E-state index in [1.807, 2.05) is 6.92 Å². The van der Waals surface area contributed by atoms with Crippen LogP contribution in [0.2, 0.25) is 5.02 Å². The van der Waals surface area contributed by atoms with Crippen LogP contribution in [0.25, 0.3) is 0 Å². The number of methoxy groups -OCH3 is 1. The minimum absolute atomic E-state index is 0.00462. The van der Waals surface area contributed by atoms with E-state index in [1.165, 1.54) is 25.6 Å². The molecule has 0 atom stereocenters. The van der Waals surface area contributed by atoms with Gasteiger partial charge in [0.25, 0.3) is 0 Å². The second-order valence-corrected chi connectivity index (χ2v) is 4.62. The van der Waals surface area contributed by atoms with Crippen LogP contribution in [0, 0.1) is 0 Å². The Morgan fingerprint density at radius 2 is 2.14 bits per heavy atom. The van der Waals surface area contributed by atoms with Crippen molar-refractivity contribution in [3.63, 3.8) is 0 Å². The van der Waals surface area contributed by atoms with E-state index >= 15 is 0 Å². The predicted molar refractivity (Wildman–Crippen MR) is 79.7 cm³/mol.